The molecule has 0 radical (unpaired) electrons. The Labute approximate surface area is 123 Å². The Morgan fingerprint density at radius 3 is 2.90 bits per heavy atom. The SMILES string of the molecule is CC(=O)NCCNC(=O)CN1CCCC1c1ccsc1. The molecule has 1 aromatic rings. The van der Waals surface area contributed by atoms with Crippen molar-refractivity contribution in [2.24, 2.45) is 0 Å². The van der Waals surface area contributed by atoms with Crippen LogP contribution in [0.1, 0.15) is 31.4 Å². The zero-order chi connectivity index (χ0) is 14.4. The van der Waals surface area contributed by atoms with Crippen LogP contribution in [0.4, 0.5) is 0 Å². The van der Waals surface area contributed by atoms with E-state index in [1.165, 1.54) is 12.5 Å². The number of hydrogen-bond acceptors (Lipinski definition) is 4. The first-order valence-corrected chi connectivity index (χ1v) is 7.88. The normalized spacial score (nSPS) is 18.9. The number of carbonyl (C=O) groups excluding carboxylic acids is 2. The number of nitrogens with zero attached hydrogens (tertiary/aromatic N) is 1. The fraction of sp³-hybridized carbons (Fsp3) is 0.571. The Morgan fingerprint density at radius 1 is 1.40 bits per heavy atom. The molecule has 1 aromatic heterocycles. The second-order valence-corrected chi connectivity index (χ2v) is 5.80. The van der Waals surface area contributed by atoms with Crippen LogP contribution in [0.3, 0.4) is 0 Å². The lowest BCUT2D eigenvalue weighted by Crippen LogP contribution is -2.40. The van der Waals surface area contributed by atoms with E-state index in [0.29, 0.717) is 25.7 Å². The van der Waals surface area contributed by atoms with Gasteiger partial charge in [0.2, 0.25) is 11.8 Å². The molecule has 0 saturated carbocycles. The quantitative estimate of drug-likeness (QED) is 0.774. The number of thiophene rings is 1. The maximum Gasteiger partial charge on any atom is 0.234 e. The standard InChI is InChI=1S/C14H21N3O2S/c1-11(18)15-5-6-16-14(19)9-17-7-2-3-13(17)12-4-8-20-10-12/h4,8,10,13H,2-3,5-7,9H2,1H3,(H,15,18)(H,16,19). The van der Waals surface area contributed by atoms with Gasteiger partial charge in [-0.3, -0.25) is 14.5 Å². The molecule has 1 unspecified atom stereocenters. The van der Waals surface area contributed by atoms with E-state index in [4.69, 9.17) is 0 Å². The lowest BCUT2D eigenvalue weighted by molar-refractivity contribution is -0.123. The molecule has 1 fully saturated rings. The molecule has 1 aliphatic rings. The van der Waals surface area contributed by atoms with Crippen molar-refractivity contribution in [1.82, 2.24) is 15.5 Å². The Morgan fingerprint density at radius 2 is 2.20 bits per heavy atom. The first kappa shape index (κ1) is 15.0. The van der Waals surface area contributed by atoms with E-state index >= 15 is 0 Å². The minimum absolute atomic E-state index is 0.0254. The molecule has 0 aliphatic carbocycles. The lowest BCUT2D eigenvalue weighted by atomic mass is 10.1. The fourth-order valence-corrected chi connectivity index (χ4v) is 3.25. The maximum atomic E-state index is 11.9. The second-order valence-electron chi connectivity index (χ2n) is 5.02. The van der Waals surface area contributed by atoms with Gasteiger partial charge in [0.25, 0.3) is 0 Å². The first-order valence-electron chi connectivity index (χ1n) is 6.94. The van der Waals surface area contributed by atoms with Crippen molar-refractivity contribution < 1.29 is 9.59 Å². The van der Waals surface area contributed by atoms with Crippen LogP contribution in [0.2, 0.25) is 0 Å². The molecular weight excluding hydrogens is 274 g/mol. The van der Waals surface area contributed by atoms with Gasteiger partial charge in [0.1, 0.15) is 0 Å². The molecule has 2 rings (SSSR count). The van der Waals surface area contributed by atoms with Gasteiger partial charge in [-0.05, 0) is 41.8 Å². The summed E-state index contributed by atoms with van der Waals surface area (Å²) in [5, 5.41) is 9.74. The van der Waals surface area contributed by atoms with Crippen molar-refractivity contribution in [2.45, 2.75) is 25.8 Å². The van der Waals surface area contributed by atoms with Crippen LogP contribution < -0.4 is 10.6 Å². The van der Waals surface area contributed by atoms with Crippen LogP contribution in [0.15, 0.2) is 16.8 Å². The molecule has 6 heteroatoms. The molecule has 20 heavy (non-hydrogen) atoms. The van der Waals surface area contributed by atoms with Gasteiger partial charge in [-0.25, -0.2) is 0 Å². The third-order valence-electron chi connectivity index (χ3n) is 3.46. The summed E-state index contributed by atoms with van der Waals surface area (Å²) in [5.74, 6) is -0.0474. The van der Waals surface area contributed by atoms with Crippen molar-refractivity contribution >= 4 is 23.2 Å². The summed E-state index contributed by atoms with van der Waals surface area (Å²) >= 11 is 1.70. The highest BCUT2D eigenvalue weighted by Gasteiger charge is 2.27. The number of hydrogen-bond donors (Lipinski definition) is 2. The smallest absolute Gasteiger partial charge is 0.234 e. The molecule has 2 heterocycles. The molecule has 1 aliphatic heterocycles. The maximum absolute atomic E-state index is 11.9. The molecule has 0 spiro atoms. The number of likely N-dealkylation sites (tertiary alicyclic amines) is 1. The van der Waals surface area contributed by atoms with Crippen LogP contribution in [0, 0.1) is 0 Å². The van der Waals surface area contributed by atoms with Gasteiger partial charge in [-0.15, -0.1) is 0 Å². The van der Waals surface area contributed by atoms with Crippen molar-refractivity contribution in [1.29, 1.82) is 0 Å². The molecule has 2 N–H and O–H groups in total. The summed E-state index contributed by atoms with van der Waals surface area (Å²) in [7, 11) is 0. The number of rotatable bonds is 6. The van der Waals surface area contributed by atoms with Gasteiger partial charge in [-0.2, -0.15) is 11.3 Å². The molecule has 1 saturated heterocycles. The predicted octanol–water partition coefficient (Wildman–Crippen LogP) is 1.14. The molecule has 1 atom stereocenters. The highest BCUT2D eigenvalue weighted by Crippen LogP contribution is 2.32. The summed E-state index contributed by atoms with van der Waals surface area (Å²) < 4.78 is 0. The van der Waals surface area contributed by atoms with Crippen molar-refractivity contribution in [2.75, 3.05) is 26.2 Å². The third kappa shape index (κ3) is 4.31. The van der Waals surface area contributed by atoms with Gasteiger partial charge in [-0.1, -0.05) is 0 Å². The summed E-state index contributed by atoms with van der Waals surface area (Å²) in [5.41, 5.74) is 1.32. The van der Waals surface area contributed by atoms with E-state index in [-0.39, 0.29) is 11.8 Å². The third-order valence-corrected chi connectivity index (χ3v) is 4.16. The largest absolute Gasteiger partial charge is 0.355 e. The van der Waals surface area contributed by atoms with E-state index in [9.17, 15) is 9.59 Å². The summed E-state index contributed by atoms with van der Waals surface area (Å²) in [4.78, 5) is 24.8. The van der Waals surface area contributed by atoms with Crippen molar-refractivity contribution in [3.05, 3.63) is 22.4 Å². The molecule has 5 nitrogen and oxygen atoms in total. The number of nitrogens with one attached hydrogen (secondary N) is 2. The Kier molecular flexibility index (Phi) is 5.55. The van der Waals surface area contributed by atoms with Gasteiger partial charge in [0.05, 0.1) is 6.54 Å². The van der Waals surface area contributed by atoms with Crippen LogP contribution in [-0.4, -0.2) is 42.9 Å². The summed E-state index contributed by atoms with van der Waals surface area (Å²) in [6.45, 7) is 3.84. The molecule has 110 valence electrons. The second kappa shape index (κ2) is 7.40. The van der Waals surface area contributed by atoms with Crippen molar-refractivity contribution in [3.63, 3.8) is 0 Å². The zero-order valence-corrected chi connectivity index (χ0v) is 12.5. The fourth-order valence-electron chi connectivity index (χ4n) is 2.54. The van der Waals surface area contributed by atoms with Crippen molar-refractivity contribution in [3.8, 4) is 0 Å². The van der Waals surface area contributed by atoms with E-state index in [2.05, 4.69) is 32.4 Å². The molecule has 0 bridgehead atoms. The van der Waals surface area contributed by atoms with Crippen LogP contribution in [0.25, 0.3) is 0 Å². The van der Waals surface area contributed by atoms with Gasteiger partial charge >= 0.3 is 0 Å². The van der Waals surface area contributed by atoms with E-state index < -0.39 is 0 Å². The van der Waals surface area contributed by atoms with E-state index in [1.54, 1.807) is 11.3 Å². The number of amides is 2. The monoisotopic (exact) mass is 295 g/mol. The molecule has 2 amide bonds. The Hall–Kier alpha value is -1.40. The highest BCUT2D eigenvalue weighted by molar-refractivity contribution is 7.07. The van der Waals surface area contributed by atoms with Gasteiger partial charge in [0.15, 0.2) is 0 Å². The van der Waals surface area contributed by atoms with Crippen LogP contribution in [-0.2, 0) is 9.59 Å². The first-order chi connectivity index (χ1) is 9.66. The van der Waals surface area contributed by atoms with Crippen LogP contribution >= 0.6 is 11.3 Å². The summed E-state index contributed by atoms with van der Waals surface area (Å²) in [6, 6.07) is 2.52. The lowest BCUT2D eigenvalue weighted by Gasteiger charge is -2.23. The zero-order valence-electron chi connectivity index (χ0n) is 11.7. The highest BCUT2D eigenvalue weighted by atomic mass is 32.1. The topological polar surface area (TPSA) is 61.4 Å². The van der Waals surface area contributed by atoms with E-state index in [1.807, 2.05) is 0 Å². The predicted molar refractivity (Wildman–Crippen MR) is 79.6 cm³/mol. The summed E-state index contributed by atoms with van der Waals surface area (Å²) in [6.07, 6.45) is 2.26. The minimum Gasteiger partial charge on any atom is -0.355 e. The number of carbonyl (C=O) groups is 2. The molecular formula is C14H21N3O2S. The average Bonchev–Trinajstić information content (AvgIpc) is 3.04. The Bertz CT molecular complexity index is 447. The van der Waals surface area contributed by atoms with Gasteiger partial charge in [0, 0.05) is 26.1 Å². The van der Waals surface area contributed by atoms with Crippen LogP contribution in [0.5, 0.6) is 0 Å². The average molecular weight is 295 g/mol. The Balaban J connectivity index is 1.74. The van der Waals surface area contributed by atoms with E-state index in [0.717, 1.165) is 19.4 Å². The van der Waals surface area contributed by atoms with Gasteiger partial charge < -0.3 is 10.6 Å². The molecule has 0 aromatic carbocycles. The minimum atomic E-state index is -0.0729.